The second-order valence-corrected chi connectivity index (χ2v) is 15.1. The fourth-order valence-electron chi connectivity index (χ4n) is 10.4. The molecule has 1 N–H and O–H groups in total. The quantitative estimate of drug-likeness (QED) is 0.467. The molecule has 0 aromatic rings. The number of Topliss-reactive ketones (excluding diaryl/α,β-unsaturated/α-hetero) is 1. The Bertz CT molecular complexity index is 1230. The summed E-state index contributed by atoms with van der Waals surface area (Å²) >= 11 is 0. The first-order valence-electron chi connectivity index (χ1n) is 14.2. The van der Waals surface area contributed by atoms with Crippen molar-refractivity contribution in [3.05, 3.63) is 23.3 Å². The van der Waals surface area contributed by atoms with Gasteiger partial charge in [-0.05, 0) is 72.3 Å². The first-order valence-corrected chi connectivity index (χ1v) is 14.2. The van der Waals surface area contributed by atoms with Crippen LogP contribution >= 0.6 is 0 Å². The maximum Gasteiger partial charge on any atom is 0.312 e. The van der Waals surface area contributed by atoms with Crippen molar-refractivity contribution in [2.45, 2.75) is 93.1 Å². The van der Waals surface area contributed by atoms with Crippen LogP contribution in [0.1, 0.15) is 87.0 Å². The normalized spacial score (nSPS) is 46.7. The summed E-state index contributed by atoms with van der Waals surface area (Å²) in [4.78, 5) is 41.0. The molecule has 3 fully saturated rings. The molecular formula is C32H43NO5. The molecule has 0 aromatic heterocycles. The number of allylic oxidation sites excluding steroid dienone is 4. The molecule has 0 aromatic carbocycles. The smallest absolute Gasteiger partial charge is 0.312 e. The topological polar surface area (TPSA) is 104 Å². The number of rotatable bonds is 1. The monoisotopic (exact) mass is 521 g/mol. The van der Waals surface area contributed by atoms with Crippen molar-refractivity contribution in [3.8, 4) is 6.07 Å². The number of esters is 1. The van der Waals surface area contributed by atoms with Gasteiger partial charge in [-0.3, -0.25) is 14.4 Å². The Labute approximate surface area is 226 Å². The Morgan fingerprint density at radius 1 is 1.03 bits per heavy atom. The summed E-state index contributed by atoms with van der Waals surface area (Å²) in [6.45, 7) is 14.4. The van der Waals surface area contributed by atoms with Gasteiger partial charge in [-0.15, -0.1) is 0 Å². The van der Waals surface area contributed by atoms with Crippen LogP contribution in [0, 0.1) is 61.6 Å². The van der Waals surface area contributed by atoms with Crippen molar-refractivity contribution < 1.29 is 24.2 Å². The van der Waals surface area contributed by atoms with E-state index in [9.17, 15) is 24.8 Å². The third-order valence-electron chi connectivity index (χ3n) is 12.3. The van der Waals surface area contributed by atoms with Gasteiger partial charge in [0.05, 0.1) is 24.2 Å². The van der Waals surface area contributed by atoms with Crippen molar-refractivity contribution in [1.82, 2.24) is 0 Å². The highest BCUT2D eigenvalue weighted by Gasteiger charge is 2.72. The van der Waals surface area contributed by atoms with E-state index in [2.05, 4.69) is 33.8 Å². The highest BCUT2D eigenvalue weighted by molar-refractivity contribution is 6.04. The SMILES string of the molecule is COC(=O)[C@]12CCC(C)(C)CC1C1C(=O)C=C3[C@@]4(C)C=C(C#N)C(=O)C(C)(C)C4[C@H](O)C[C@@]3(C)[C@]1(C)CC2. The van der Waals surface area contributed by atoms with Crippen molar-refractivity contribution in [2.24, 2.45) is 50.2 Å². The maximum absolute atomic E-state index is 14.4. The van der Waals surface area contributed by atoms with Crippen LogP contribution in [-0.4, -0.2) is 35.9 Å². The number of nitrogens with zero attached hydrogens (tertiary/aromatic N) is 1. The van der Waals surface area contributed by atoms with Crippen molar-refractivity contribution >= 4 is 17.5 Å². The number of hydrogen-bond acceptors (Lipinski definition) is 6. The number of nitriles is 1. The molecule has 0 aliphatic heterocycles. The predicted molar refractivity (Wildman–Crippen MR) is 142 cm³/mol. The van der Waals surface area contributed by atoms with Crippen LogP contribution in [0.5, 0.6) is 0 Å². The summed E-state index contributed by atoms with van der Waals surface area (Å²) in [5.74, 6) is -1.36. The molecule has 0 saturated heterocycles. The van der Waals surface area contributed by atoms with Gasteiger partial charge < -0.3 is 9.84 Å². The van der Waals surface area contributed by atoms with Gasteiger partial charge in [0.1, 0.15) is 6.07 Å². The van der Waals surface area contributed by atoms with Crippen LogP contribution in [0.4, 0.5) is 0 Å². The fourth-order valence-corrected chi connectivity index (χ4v) is 10.4. The molecule has 0 spiro atoms. The predicted octanol–water partition coefficient (Wildman–Crippen LogP) is 5.35. The molecule has 3 saturated carbocycles. The molecule has 0 radical (unpaired) electrons. The van der Waals surface area contributed by atoms with Gasteiger partial charge >= 0.3 is 5.97 Å². The van der Waals surface area contributed by atoms with E-state index in [0.29, 0.717) is 19.3 Å². The molecule has 6 heteroatoms. The first kappa shape index (κ1) is 27.3. The molecule has 6 nitrogen and oxygen atoms in total. The number of carbonyl (C=O) groups is 3. The number of fused-ring (bicyclic) bond motifs is 7. The largest absolute Gasteiger partial charge is 0.469 e. The van der Waals surface area contributed by atoms with Gasteiger partial charge in [0.25, 0.3) is 0 Å². The molecule has 38 heavy (non-hydrogen) atoms. The zero-order chi connectivity index (χ0) is 28.3. The molecule has 5 aliphatic carbocycles. The van der Waals surface area contributed by atoms with Crippen molar-refractivity contribution in [3.63, 3.8) is 0 Å². The number of aliphatic hydroxyl groups is 1. The van der Waals surface area contributed by atoms with Crippen LogP contribution < -0.4 is 0 Å². The average molecular weight is 522 g/mol. The molecule has 0 heterocycles. The Morgan fingerprint density at radius 3 is 2.26 bits per heavy atom. The van der Waals surface area contributed by atoms with Crippen molar-refractivity contribution in [1.29, 1.82) is 5.26 Å². The Morgan fingerprint density at radius 2 is 1.66 bits per heavy atom. The minimum absolute atomic E-state index is 0.00690. The number of hydrogen-bond donors (Lipinski definition) is 1. The van der Waals surface area contributed by atoms with Crippen LogP contribution in [-0.2, 0) is 19.1 Å². The van der Waals surface area contributed by atoms with E-state index in [-0.39, 0.29) is 40.4 Å². The summed E-state index contributed by atoms with van der Waals surface area (Å²) in [7, 11) is 1.45. The zero-order valence-corrected chi connectivity index (χ0v) is 24.2. The van der Waals surface area contributed by atoms with Gasteiger partial charge in [0, 0.05) is 22.7 Å². The second kappa shape index (κ2) is 7.90. The fraction of sp³-hybridized carbons (Fsp3) is 0.750. The third-order valence-corrected chi connectivity index (χ3v) is 12.3. The number of carbonyl (C=O) groups excluding carboxylic acids is 3. The van der Waals surface area contributed by atoms with E-state index < -0.39 is 39.1 Å². The maximum atomic E-state index is 14.4. The molecule has 5 aliphatic rings. The molecule has 206 valence electrons. The lowest BCUT2D eigenvalue weighted by Gasteiger charge is -2.69. The summed E-state index contributed by atoms with van der Waals surface area (Å²) in [5, 5.41) is 21.7. The number of aliphatic hydroxyl groups excluding tert-OH is 1. The highest BCUT2D eigenvalue weighted by Crippen LogP contribution is 2.74. The van der Waals surface area contributed by atoms with Gasteiger partial charge in [0.15, 0.2) is 11.6 Å². The van der Waals surface area contributed by atoms with Gasteiger partial charge in [-0.2, -0.15) is 5.26 Å². The van der Waals surface area contributed by atoms with Gasteiger partial charge in [0.2, 0.25) is 0 Å². The Hall–Kier alpha value is -2.26. The number of methoxy groups -OCH3 is 1. The zero-order valence-electron chi connectivity index (χ0n) is 24.2. The lowest BCUT2D eigenvalue weighted by atomic mass is 9.34. The van der Waals surface area contributed by atoms with E-state index in [1.807, 2.05) is 20.8 Å². The highest BCUT2D eigenvalue weighted by atomic mass is 16.5. The minimum Gasteiger partial charge on any atom is -0.469 e. The lowest BCUT2D eigenvalue weighted by Crippen LogP contribution is -2.68. The summed E-state index contributed by atoms with van der Waals surface area (Å²) < 4.78 is 5.38. The van der Waals surface area contributed by atoms with E-state index >= 15 is 0 Å². The van der Waals surface area contributed by atoms with Crippen LogP contribution in [0.3, 0.4) is 0 Å². The molecule has 3 unspecified atom stereocenters. The van der Waals surface area contributed by atoms with E-state index in [1.54, 1.807) is 12.2 Å². The molecule has 5 rings (SSSR count). The second-order valence-electron chi connectivity index (χ2n) is 15.1. The lowest BCUT2D eigenvalue weighted by molar-refractivity contribution is -0.197. The summed E-state index contributed by atoms with van der Waals surface area (Å²) in [5.41, 5.74) is -2.44. The molecule has 8 atom stereocenters. The Kier molecular flexibility index (Phi) is 5.68. The van der Waals surface area contributed by atoms with Crippen LogP contribution in [0.25, 0.3) is 0 Å². The standard InChI is InChI=1S/C32H43NO5/c1-27(2)9-11-32(26(37)38-8)12-10-30(6)23(19(32)15-27)20(34)13-22-29(5)14-18(17-33)25(36)28(3,4)24(29)21(35)16-31(22,30)7/h13-14,19,21,23-24,35H,9-12,15-16H2,1-8H3/t19?,21-,23?,24?,29-,30-,31-,32+/m1/s1. The number of ketones is 2. The van der Waals surface area contributed by atoms with Gasteiger partial charge in [-0.25, -0.2) is 0 Å². The summed E-state index contributed by atoms with van der Waals surface area (Å²) in [6.07, 6.45) is 6.92. The van der Waals surface area contributed by atoms with E-state index in [4.69, 9.17) is 4.74 Å². The van der Waals surface area contributed by atoms with Gasteiger partial charge in [-0.1, -0.05) is 54.5 Å². The Balaban J connectivity index is 1.73. The van der Waals surface area contributed by atoms with Crippen molar-refractivity contribution in [2.75, 3.05) is 7.11 Å². The minimum atomic E-state index is -0.947. The number of ether oxygens (including phenoxy) is 1. The third kappa shape index (κ3) is 3.12. The van der Waals surface area contributed by atoms with Crippen LogP contribution in [0.2, 0.25) is 0 Å². The molecular weight excluding hydrogens is 478 g/mol. The van der Waals surface area contributed by atoms with E-state index in [0.717, 1.165) is 24.8 Å². The molecule has 0 amide bonds. The summed E-state index contributed by atoms with van der Waals surface area (Å²) in [6, 6.07) is 2.10. The van der Waals surface area contributed by atoms with E-state index in [1.165, 1.54) is 7.11 Å². The first-order chi connectivity index (χ1) is 17.4. The van der Waals surface area contributed by atoms with Crippen LogP contribution in [0.15, 0.2) is 23.3 Å². The average Bonchev–Trinajstić information content (AvgIpc) is 2.82. The molecule has 0 bridgehead atoms.